The zero-order valence-corrected chi connectivity index (χ0v) is 16.1. The molecule has 1 aliphatic heterocycles. The second-order valence-corrected chi connectivity index (χ2v) is 7.87. The first-order valence-corrected chi connectivity index (χ1v) is 10.1. The molecule has 2 heteroatoms. The molecule has 2 unspecified atom stereocenters. The van der Waals surface area contributed by atoms with Crippen molar-refractivity contribution in [3.8, 4) is 0 Å². The molecule has 1 aliphatic rings. The van der Waals surface area contributed by atoms with E-state index in [0.717, 1.165) is 17.9 Å². The summed E-state index contributed by atoms with van der Waals surface area (Å²) in [5, 5.41) is 5.18. The van der Waals surface area contributed by atoms with Crippen LogP contribution in [0.5, 0.6) is 0 Å². The number of rotatable bonds is 11. The number of hydrogen-bond donors (Lipinski definition) is 0. The molecule has 0 saturated carbocycles. The third kappa shape index (κ3) is 7.00. The predicted molar refractivity (Wildman–Crippen MR) is 99.0 cm³/mol. The van der Waals surface area contributed by atoms with Crippen LogP contribution in [0.4, 0.5) is 0 Å². The van der Waals surface area contributed by atoms with Crippen molar-refractivity contribution < 1.29 is 0 Å². The van der Waals surface area contributed by atoms with Crippen LogP contribution < -0.4 is 0 Å². The van der Waals surface area contributed by atoms with Gasteiger partial charge >= 0.3 is 0 Å². The van der Waals surface area contributed by atoms with Crippen LogP contribution in [0.3, 0.4) is 0 Å². The first-order valence-electron chi connectivity index (χ1n) is 10.1. The Hall–Kier alpha value is -0.0800. The highest BCUT2D eigenvalue weighted by Crippen LogP contribution is 2.27. The number of nitrogens with zero attached hydrogens (tertiary/aromatic N) is 2. The molecular formula is C20H42N2. The normalized spacial score (nSPS) is 20.5. The van der Waals surface area contributed by atoms with Crippen molar-refractivity contribution in [1.29, 1.82) is 0 Å². The highest BCUT2D eigenvalue weighted by molar-refractivity contribution is 4.80. The van der Waals surface area contributed by atoms with Gasteiger partial charge in [-0.25, -0.2) is 10.0 Å². The first-order chi connectivity index (χ1) is 10.6. The van der Waals surface area contributed by atoms with Crippen LogP contribution in [-0.4, -0.2) is 36.2 Å². The standard InChI is InChI=1S/C20H42N2/c1-6-7-8-9-10-11-12-15-19(4)20(18(2)3)22-17-14-13-16-21(22)5/h18-20H,6-17H2,1-5H3. The molecule has 22 heavy (non-hydrogen) atoms. The zero-order valence-electron chi connectivity index (χ0n) is 16.1. The third-order valence-electron chi connectivity index (χ3n) is 5.43. The Morgan fingerprint density at radius 3 is 2.00 bits per heavy atom. The Bertz CT molecular complexity index is 264. The van der Waals surface area contributed by atoms with E-state index >= 15 is 0 Å². The molecule has 1 rings (SSSR count). The van der Waals surface area contributed by atoms with Crippen molar-refractivity contribution in [2.45, 2.75) is 97.9 Å². The molecule has 0 aromatic heterocycles. The highest BCUT2D eigenvalue weighted by Gasteiger charge is 2.30. The van der Waals surface area contributed by atoms with E-state index in [2.05, 4.69) is 44.8 Å². The Kier molecular flexibility index (Phi) is 10.4. The summed E-state index contributed by atoms with van der Waals surface area (Å²) in [5.74, 6) is 1.57. The lowest BCUT2D eigenvalue weighted by Gasteiger charge is -2.46. The Morgan fingerprint density at radius 1 is 0.818 bits per heavy atom. The van der Waals surface area contributed by atoms with Gasteiger partial charge in [-0.3, -0.25) is 0 Å². The summed E-state index contributed by atoms with van der Waals surface area (Å²) in [6, 6.07) is 0.727. The summed E-state index contributed by atoms with van der Waals surface area (Å²) in [4.78, 5) is 0. The van der Waals surface area contributed by atoms with Gasteiger partial charge in [0, 0.05) is 26.2 Å². The van der Waals surface area contributed by atoms with E-state index in [1.54, 1.807) is 0 Å². The molecule has 0 radical (unpaired) electrons. The van der Waals surface area contributed by atoms with E-state index in [0.29, 0.717) is 0 Å². The molecule has 2 nitrogen and oxygen atoms in total. The number of hydrogen-bond acceptors (Lipinski definition) is 2. The van der Waals surface area contributed by atoms with E-state index in [1.165, 1.54) is 77.3 Å². The van der Waals surface area contributed by atoms with Crippen LogP contribution in [0.15, 0.2) is 0 Å². The minimum atomic E-state index is 0.727. The van der Waals surface area contributed by atoms with Crippen molar-refractivity contribution >= 4 is 0 Å². The van der Waals surface area contributed by atoms with Crippen molar-refractivity contribution in [2.24, 2.45) is 11.8 Å². The van der Waals surface area contributed by atoms with Gasteiger partial charge in [-0.2, -0.15) is 0 Å². The molecule has 2 atom stereocenters. The molecule has 0 bridgehead atoms. The Labute approximate surface area is 140 Å². The van der Waals surface area contributed by atoms with E-state index in [1.807, 2.05) is 0 Å². The van der Waals surface area contributed by atoms with Crippen LogP contribution in [0.25, 0.3) is 0 Å². The fourth-order valence-corrected chi connectivity index (χ4v) is 4.18. The van der Waals surface area contributed by atoms with Gasteiger partial charge in [0.15, 0.2) is 0 Å². The molecule has 0 spiro atoms. The minimum Gasteiger partial charge on any atom is -0.245 e. The Balaban J connectivity index is 2.31. The van der Waals surface area contributed by atoms with Crippen LogP contribution in [-0.2, 0) is 0 Å². The average molecular weight is 311 g/mol. The minimum absolute atomic E-state index is 0.727. The van der Waals surface area contributed by atoms with Crippen molar-refractivity contribution in [1.82, 2.24) is 10.0 Å². The van der Waals surface area contributed by atoms with E-state index in [9.17, 15) is 0 Å². The lowest BCUT2D eigenvalue weighted by molar-refractivity contribution is -0.0940. The van der Waals surface area contributed by atoms with Gasteiger partial charge in [0.1, 0.15) is 0 Å². The molecule has 1 saturated heterocycles. The van der Waals surface area contributed by atoms with Gasteiger partial charge in [-0.1, -0.05) is 72.6 Å². The maximum Gasteiger partial charge on any atom is 0.0294 e. The SMILES string of the molecule is CCCCCCCCCC(C)C(C(C)C)N1CCCCN1C. The van der Waals surface area contributed by atoms with Gasteiger partial charge in [-0.15, -0.1) is 0 Å². The largest absolute Gasteiger partial charge is 0.245 e. The summed E-state index contributed by atoms with van der Waals surface area (Å²) < 4.78 is 0. The van der Waals surface area contributed by atoms with Gasteiger partial charge in [0.05, 0.1) is 0 Å². The maximum absolute atomic E-state index is 2.68. The smallest absolute Gasteiger partial charge is 0.0294 e. The number of unbranched alkanes of at least 4 members (excludes halogenated alkanes) is 6. The summed E-state index contributed by atoms with van der Waals surface area (Å²) in [6.45, 7) is 12.1. The van der Waals surface area contributed by atoms with Gasteiger partial charge in [0.2, 0.25) is 0 Å². The molecule has 0 amide bonds. The first kappa shape index (κ1) is 20.0. The van der Waals surface area contributed by atoms with Crippen LogP contribution in [0.2, 0.25) is 0 Å². The fraction of sp³-hybridized carbons (Fsp3) is 1.00. The molecule has 0 aromatic rings. The quantitative estimate of drug-likeness (QED) is 0.450. The topological polar surface area (TPSA) is 6.48 Å². The van der Waals surface area contributed by atoms with E-state index in [4.69, 9.17) is 0 Å². The van der Waals surface area contributed by atoms with E-state index < -0.39 is 0 Å². The fourth-order valence-electron chi connectivity index (χ4n) is 4.18. The van der Waals surface area contributed by atoms with E-state index in [-0.39, 0.29) is 0 Å². The maximum atomic E-state index is 2.68. The van der Waals surface area contributed by atoms with Crippen molar-refractivity contribution in [3.05, 3.63) is 0 Å². The second kappa shape index (κ2) is 11.5. The molecule has 0 aliphatic carbocycles. The lowest BCUT2D eigenvalue weighted by atomic mass is 9.86. The summed E-state index contributed by atoms with van der Waals surface area (Å²) in [5.41, 5.74) is 0. The molecule has 1 heterocycles. The number of hydrazine groups is 1. The van der Waals surface area contributed by atoms with Crippen LogP contribution in [0, 0.1) is 11.8 Å². The predicted octanol–water partition coefficient (Wildman–Crippen LogP) is 5.73. The van der Waals surface area contributed by atoms with Crippen molar-refractivity contribution in [2.75, 3.05) is 20.1 Å². The molecule has 1 fully saturated rings. The molecule has 0 aromatic carbocycles. The average Bonchev–Trinajstić information content (AvgIpc) is 2.48. The molecular weight excluding hydrogens is 268 g/mol. The summed E-state index contributed by atoms with van der Waals surface area (Å²) in [7, 11) is 2.29. The Morgan fingerprint density at radius 2 is 1.41 bits per heavy atom. The van der Waals surface area contributed by atoms with Gasteiger partial charge in [0.25, 0.3) is 0 Å². The van der Waals surface area contributed by atoms with Gasteiger partial charge in [-0.05, 0) is 31.1 Å². The zero-order chi connectivity index (χ0) is 16.4. The summed E-state index contributed by atoms with van der Waals surface area (Å²) >= 11 is 0. The third-order valence-corrected chi connectivity index (χ3v) is 5.43. The van der Waals surface area contributed by atoms with Crippen LogP contribution in [0.1, 0.15) is 91.9 Å². The van der Waals surface area contributed by atoms with Crippen molar-refractivity contribution in [3.63, 3.8) is 0 Å². The lowest BCUT2D eigenvalue weighted by Crippen LogP contribution is -2.54. The highest BCUT2D eigenvalue weighted by atomic mass is 15.6. The van der Waals surface area contributed by atoms with Gasteiger partial charge < -0.3 is 0 Å². The van der Waals surface area contributed by atoms with Crippen LogP contribution >= 0.6 is 0 Å². The summed E-state index contributed by atoms with van der Waals surface area (Å²) in [6.07, 6.45) is 14.1. The monoisotopic (exact) mass is 310 g/mol. The second-order valence-electron chi connectivity index (χ2n) is 7.87. The molecule has 0 N–H and O–H groups in total. The molecule has 132 valence electrons.